The second-order valence-electron chi connectivity index (χ2n) is 3.99. The molecular formula is C14H14N2O3. The van der Waals surface area contributed by atoms with Crippen LogP contribution in [0.15, 0.2) is 36.5 Å². The normalized spacial score (nSPS) is 10.2. The van der Waals surface area contributed by atoms with Gasteiger partial charge in [-0.25, -0.2) is 9.97 Å². The lowest BCUT2D eigenvalue weighted by Gasteiger charge is -2.04. The lowest BCUT2D eigenvalue weighted by atomic mass is 10.2. The van der Waals surface area contributed by atoms with E-state index in [9.17, 15) is 4.79 Å². The van der Waals surface area contributed by atoms with Crippen LogP contribution in [-0.4, -0.2) is 28.2 Å². The zero-order chi connectivity index (χ0) is 13.7. The van der Waals surface area contributed by atoms with E-state index < -0.39 is 5.97 Å². The van der Waals surface area contributed by atoms with E-state index in [1.807, 2.05) is 24.3 Å². The first kappa shape index (κ1) is 13.0. The first-order chi connectivity index (χ1) is 9.19. The van der Waals surface area contributed by atoms with Gasteiger partial charge in [0.2, 0.25) is 0 Å². The van der Waals surface area contributed by atoms with Crippen molar-refractivity contribution >= 4 is 5.97 Å². The van der Waals surface area contributed by atoms with Gasteiger partial charge in [-0.3, -0.25) is 4.79 Å². The molecule has 0 aliphatic heterocycles. The molecule has 0 bridgehead atoms. The van der Waals surface area contributed by atoms with Crippen LogP contribution >= 0.6 is 0 Å². The molecule has 19 heavy (non-hydrogen) atoms. The number of benzene rings is 1. The molecule has 0 fully saturated rings. The van der Waals surface area contributed by atoms with E-state index in [4.69, 9.17) is 9.84 Å². The Balaban J connectivity index is 2.19. The number of carboxylic acids is 1. The Hall–Kier alpha value is -2.43. The maximum atomic E-state index is 10.5. The van der Waals surface area contributed by atoms with E-state index in [1.54, 1.807) is 19.4 Å². The first-order valence-corrected chi connectivity index (χ1v) is 5.87. The average molecular weight is 258 g/mol. The molecule has 0 unspecified atom stereocenters. The van der Waals surface area contributed by atoms with Crippen molar-refractivity contribution in [2.24, 2.45) is 0 Å². The summed E-state index contributed by atoms with van der Waals surface area (Å²) < 4.78 is 5.09. The van der Waals surface area contributed by atoms with E-state index in [2.05, 4.69) is 9.97 Å². The van der Waals surface area contributed by atoms with Crippen molar-refractivity contribution in [2.75, 3.05) is 7.11 Å². The van der Waals surface area contributed by atoms with Crippen molar-refractivity contribution in [1.29, 1.82) is 0 Å². The molecular weight excluding hydrogens is 244 g/mol. The second-order valence-corrected chi connectivity index (χ2v) is 3.99. The number of aliphatic carboxylic acids is 1. The number of methoxy groups -OCH3 is 1. The van der Waals surface area contributed by atoms with Crippen LogP contribution in [0.2, 0.25) is 0 Å². The van der Waals surface area contributed by atoms with Crippen molar-refractivity contribution in [1.82, 2.24) is 9.97 Å². The molecule has 5 heteroatoms. The Bertz CT molecular complexity index is 567. The third-order valence-electron chi connectivity index (χ3n) is 2.66. The number of aryl methyl sites for hydroxylation is 1. The number of hydrogen-bond donors (Lipinski definition) is 1. The van der Waals surface area contributed by atoms with Gasteiger partial charge in [-0.05, 0) is 30.3 Å². The summed E-state index contributed by atoms with van der Waals surface area (Å²) in [5, 5.41) is 8.66. The highest BCUT2D eigenvalue weighted by Gasteiger charge is 2.05. The Morgan fingerprint density at radius 1 is 1.26 bits per heavy atom. The molecule has 0 saturated heterocycles. The largest absolute Gasteiger partial charge is 0.497 e. The van der Waals surface area contributed by atoms with Gasteiger partial charge < -0.3 is 9.84 Å². The molecule has 0 saturated carbocycles. The quantitative estimate of drug-likeness (QED) is 0.889. The predicted octanol–water partition coefficient (Wildman–Crippen LogP) is 2.17. The van der Waals surface area contributed by atoms with E-state index in [1.165, 1.54) is 0 Å². The number of ether oxygens (including phenoxy) is 1. The molecule has 0 radical (unpaired) electrons. The highest BCUT2D eigenvalue weighted by Crippen LogP contribution is 2.19. The predicted molar refractivity (Wildman–Crippen MR) is 70.0 cm³/mol. The minimum absolute atomic E-state index is 0.0685. The molecule has 1 aromatic heterocycles. The number of carbonyl (C=O) groups is 1. The highest BCUT2D eigenvalue weighted by atomic mass is 16.5. The lowest BCUT2D eigenvalue weighted by molar-refractivity contribution is -0.136. The highest BCUT2D eigenvalue weighted by molar-refractivity contribution is 5.67. The van der Waals surface area contributed by atoms with Gasteiger partial charge in [-0.15, -0.1) is 0 Å². The Morgan fingerprint density at radius 3 is 2.63 bits per heavy atom. The molecule has 0 aliphatic carbocycles. The van der Waals surface area contributed by atoms with Crippen molar-refractivity contribution < 1.29 is 14.6 Å². The molecule has 1 aromatic carbocycles. The van der Waals surface area contributed by atoms with Crippen LogP contribution in [0.3, 0.4) is 0 Å². The topological polar surface area (TPSA) is 72.3 Å². The number of carboxylic acid groups (broad SMARTS) is 1. The summed E-state index contributed by atoms with van der Waals surface area (Å²) >= 11 is 0. The van der Waals surface area contributed by atoms with Gasteiger partial charge in [0.1, 0.15) is 5.75 Å². The van der Waals surface area contributed by atoms with Gasteiger partial charge >= 0.3 is 5.97 Å². The van der Waals surface area contributed by atoms with Gasteiger partial charge in [0, 0.05) is 23.9 Å². The summed E-state index contributed by atoms with van der Waals surface area (Å²) in [7, 11) is 1.61. The molecule has 2 rings (SSSR count). The van der Waals surface area contributed by atoms with Gasteiger partial charge in [-0.1, -0.05) is 0 Å². The van der Waals surface area contributed by atoms with E-state index in [0.29, 0.717) is 12.2 Å². The Kier molecular flexibility index (Phi) is 4.07. The van der Waals surface area contributed by atoms with E-state index in [0.717, 1.165) is 17.0 Å². The SMILES string of the molecule is COc1ccc(-c2nccc(CCC(=O)O)n2)cc1. The summed E-state index contributed by atoms with van der Waals surface area (Å²) in [4.78, 5) is 19.1. The number of rotatable bonds is 5. The Morgan fingerprint density at radius 2 is 2.00 bits per heavy atom. The van der Waals surface area contributed by atoms with E-state index >= 15 is 0 Å². The van der Waals surface area contributed by atoms with Crippen molar-refractivity contribution in [2.45, 2.75) is 12.8 Å². The van der Waals surface area contributed by atoms with Crippen molar-refractivity contribution in [3.8, 4) is 17.1 Å². The molecule has 2 aromatic rings. The van der Waals surface area contributed by atoms with Crippen molar-refractivity contribution in [3.05, 3.63) is 42.2 Å². The summed E-state index contributed by atoms with van der Waals surface area (Å²) in [5.41, 5.74) is 1.60. The third kappa shape index (κ3) is 3.51. The fraction of sp³-hybridized carbons (Fsp3) is 0.214. The zero-order valence-corrected chi connectivity index (χ0v) is 10.5. The summed E-state index contributed by atoms with van der Waals surface area (Å²) in [6, 6.07) is 9.14. The molecule has 0 amide bonds. The fourth-order valence-electron chi connectivity index (χ4n) is 1.65. The maximum Gasteiger partial charge on any atom is 0.303 e. The van der Waals surface area contributed by atoms with Crippen LogP contribution in [0.4, 0.5) is 0 Å². The number of nitrogens with zero attached hydrogens (tertiary/aromatic N) is 2. The molecule has 5 nitrogen and oxygen atoms in total. The van der Waals surface area contributed by atoms with Crippen molar-refractivity contribution in [3.63, 3.8) is 0 Å². The van der Waals surface area contributed by atoms with Gasteiger partial charge in [0.15, 0.2) is 5.82 Å². The minimum Gasteiger partial charge on any atom is -0.497 e. The maximum absolute atomic E-state index is 10.5. The van der Waals surface area contributed by atoms with Crippen LogP contribution in [0.5, 0.6) is 5.75 Å². The average Bonchev–Trinajstić information content (AvgIpc) is 2.45. The standard InChI is InChI=1S/C14H14N2O3/c1-19-12-5-2-10(3-6-12)14-15-9-8-11(16-14)4-7-13(17)18/h2-3,5-6,8-9H,4,7H2,1H3,(H,17,18). The molecule has 0 spiro atoms. The molecule has 98 valence electrons. The molecule has 0 atom stereocenters. The van der Waals surface area contributed by atoms with Crippen LogP contribution in [0.1, 0.15) is 12.1 Å². The van der Waals surface area contributed by atoms with E-state index in [-0.39, 0.29) is 6.42 Å². The smallest absolute Gasteiger partial charge is 0.303 e. The Labute approximate surface area is 110 Å². The van der Waals surface area contributed by atoms with Crippen LogP contribution in [0.25, 0.3) is 11.4 Å². The lowest BCUT2D eigenvalue weighted by Crippen LogP contribution is -2.00. The number of hydrogen-bond acceptors (Lipinski definition) is 4. The fourth-order valence-corrected chi connectivity index (χ4v) is 1.65. The minimum atomic E-state index is -0.829. The number of aromatic nitrogens is 2. The monoisotopic (exact) mass is 258 g/mol. The summed E-state index contributed by atoms with van der Waals surface area (Å²) in [5.74, 6) is 0.529. The van der Waals surface area contributed by atoms with Gasteiger partial charge in [0.25, 0.3) is 0 Å². The molecule has 1 N–H and O–H groups in total. The first-order valence-electron chi connectivity index (χ1n) is 5.87. The van der Waals surface area contributed by atoms with Crippen LogP contribution in [0, 0.1) is 0 Å². The molecule has 0 aliphatic rings. The second kappa shape index (κ2) is 5.95. The zero-order valence-electron chi connectivity index (χ0n) is 10.5. The van der Waals surface area contributed by atoms with Crippen LogP contribution < -0.4 is 4.74 Å². The van der Waals surface area contributed by atoms with Crippen LogP contribution in [-0.2, 0) is 11.2 Å². The summed E-state index contributed by atoms with van der Waals surface area (Å²) in [6.07, 6.45) is 2.11. The third-order valence-corrected chi connectivity index (χ3v) is 2.66. The van der Waals surface area contributed by atoms with Gasteiger partial charge in [-0.2, -0.15) is 0 Å². The molecule has 1 heterocycles. The summed E-state index contributed by atoms with van der Waals surface area (Å²) in [6.45, 7) is 0. The van der Waals surface area contributed by atoms with Gasteiger partial charge in [0.05, 0.1) is 13.5 Å².